The molecule has 1 aromatic carbocycles. The third-order valence-electron chi connectivity index (χ3n) is 5.52. The Hall–Kier alpha value is -2.65. The molecule has 2 aromatic rings. The molecule has 1 saturated heterocycles. The fraction of sp³-hybridized carbons (Fsp3) is 0.500. The molecule has 156 valence electrons. The average Bonchev–Trinajstić information content (AvgIpc) is 2.71. The maximum Gasteiger partial charge on any atom is 0.280 e. The Morgan fingerprint density at radius 3 is 2.76 bits per heavy atom. The van der Waals surface area contributed by atoms with Crippen LogP contribution in [0, 0.1) is 5.82 Å². The largest absolute Gasteiger partial charge is 0.487 e. The summed E-state index contributed by atoms with van der Waals surface area (Å²) >= 11 is 0. The number of hydroxylamine groups is 1. The Kier molecular flexibility index (Phi) is 5.18. The Morgan fingerprint density at radius 1 is 1.34 bits per heavy atom. The van der Waals surface area contributed by atoms with E-state index in [9.17, 15) is 9.59 Å². The number of rotatable bonds is 4. The number of hydrogen-bond donors (Lipinski definition) is 1. The zero-order valence-corrected chi connectivity index (χ0v) is 16.8. The highest BCUT2D eigenvalue weighted by Gasteiger charge is 2.31. The first-order chi connectivity index (χ1) is 13.9. The number of benzene rings is 1. The lowest BCUT2D eigenvalue weighted by molar-refractivity contribution is 0.0363. The van der Waals surface area contributed by atoms with E-state index in [2.05, 4.69) is 10.4 Å². The van der Waals surface area contributed by atoms with Gasteiger partial charge in [-0.05, 0) is 27.0 Å². The van der Waals surface area contributed by atoms with Crippen LogP contribution in [-0.4, -0.2) is 61.8 Å². The number of carbonyl (C=O) groups excluding carboxylic acids is 1. The number of nitrogens with zero attached hydrogens (tertiary/aromatic N) is 3. The van der Waals surface area contributed by atoms with Gasteiger partial charge in [0.1, 0.15) is 17.9 Å². The molecule has 29 heavy (non-hydrogen) atoms. The van der Waals surface area contributed by atoms with Crippen molar-refractivity contribution in [1.82, 2.24) is 14.9 Å². The second-order valence-electron chi connectivity index (χ2n) is 7.53. The van der Waals surface area contributed by atoms with Crippen molar-refractivity contribution in [3.05, 3.63) is 33.9 Å². The van der Waals surface area contributed by atoms with Crippen LogP contribution >= 0.6 is 0 Å². The summed E-state index contributed by atoms with van der Waals surface area (Å²) in [6.07, 6.45) is 1.52. The van der Waals surface area contributed by atoms with Gasteiger partial charge in [0.15, 0.2) is 11.6 Å². The van der Waals surface area contributed by atoms with Gasteiger partial charge in [0.2, 0.25) is 5.43 Å². The summed E-state index contributed by atoms with van der Waals surface area (Å²) in [7, 11) is 2.03. The van der Waals surface area contributed by atoms with E-state index in [0.717, 1.165) is 13.1 Å². The maximum atomic E-state index is 15.2. The van der Waals surface area contributed by atoms with Crippen LogP contribution in [0.2, 0.25) is 0 Å². The minimum absolute atomic E-state index is 0.0857. The zero-order chi connectivity index (χ0) is 20.7. The minimum atomic E-state index is -0.647. The van der Waals surface area contributed by atoms with Crippen molar-refractivity contribution in [2.75, 3.05) is 51.3 Å². The van der Waals surface area contributed by atoms with Crippen LogP contribution in [0.1, 0.15) is 30.2 Å². The highest BCUT2D eigenvalue weighted by molar-refractivity contribution is 5.99. The summed E-state index contributed by atoms with van der Waals surface area (Å²) in [5.41, 5.74) is 2.53. The number of halogens is 1. The molecule has 0 radical (unpaired) electrons. The van der Waals surface area contributed by atoms with Gasteiger partial charge in [0.25, 0.3) is 5.91 Å². The number of piperazine rings is 1. The second kappa shape index (κ2) is 7.64. The third-order valence-corrected chi connectivity index (χ3v) is 5.52. The molecule has 2 aliphatic heterocycles. The summed E-state index contributed by atoms with van der Waals surface area (Å²) < 4.78 is 23.0. The second-order valence-corrected chi connectivity index (χ2v) is 7.53. The topological polar surface area (TPSA) is 76.0 Å². The van der Waals surface area contributed by atoms with E-state index in [0.29, 0.717) is 36.6 Å². The van der Waals surface area contributed by atoms with E-state index < -0.39 is 17.2 Å². The predicted octanol–water partition coefficient (Wildman–Crippen LogP) is 1.53. The van der Waals surface area contributed by atoms with Gasteiger partial charge in [-0.25, -0.2) is 9.87 Å². The van der Waals surface area contributed by atoms with Crippen LogP contribution in [-0.2, 0) is 4.84 Å². The first-order valence-electron chi connectivity index (χ1n) is 9.82. The van der Waals surface area contributed by atoms with Crippen molar-refractivity contribution >= 4 is 22.5 Å². The summed E-state index contributed by atoms with van der Waals surface area (Å²) in [6, 6.07) is 1.11. The molecule has 2 aliphatic rings. The number of hydrogen-bond acceptors (Lipinski definition) is 6. The van der Waals surface area contributed by atoms with Crippen molar-refractivity contribution in [3.8, 4) is 5.75 Å². The van der Waals surface area contributed by atoms with E-state index in [1.54, 1.807) is 6.92 Å². The molecule has 8 nitrogen and oxygen atoms in total. The van der Waals surface area contributed by atoms with Gasteiger partial charge in [-0.2, -0.15) is 0 Å². The number of aromatic nitrogens is 1. The normalized spacial score (nSPS) is 19.3. The number of pyridine rings is 1. The smallest absolute Gasteiger partial charge is 0.280 e. The quantitative estimate of drug-likeness (QED) is 0.779. The Balaban J connectivity index is 1.91. The number of carbonyl (C=O) groups is 1. The number of likely N-dealkylation sites (N-methyl/N-ethyl adjacent to an activating group) is 1. The first kappa shape index (κ1) is 19.7. The van der Waals surface area contributed by atoms with Crippen LogP contribution in [0.25, 0.3) is 10.9 Å². The van der Waals surface area contributed by atoms with Crippen molar-refractivity contribution in [2.45, 2.75) is 19.9 Å². The van der Waals surface area contributed by atoms with E-state index in [1.807, 2.05) is 23.4 Å². The zero-order valence-electron chi connectivity index (χ0n) is 16.8. The van der Waals surface area contributed by atoms with Crippen LogP contribution < -0.4 is 20.5 Å². The fourth-order valence-electron chi connectivity index (χ4n) is 3.89. The van der Waals surface area contributed by atoms with E-state index in [1.165, 1.54) is 12.3 Å². The van der Waals surface area contributed by atoms with E-state index in [4.69, 9.17) is 9.57 Å². The molecule has 0 saturated carbocycles. The average molecular weight is 404 g/mol. The lowest BCUT2D eigenvalue weighted by atomic mass is 10.0. The van der Waals surface area contributed by atoms with Gasteiger partial charge < -0.3 is 19.1 Å². The molecule has 0 bridgehead atoms. The molecule has 9 heteroatoms. The molecule has 0 spiro atoms. The Labute approximate surface area is 167 Å². The molecule has 1 atom stereocenters. The van der Waals surface area contributed by atoms with E-state index >= 15 is 4.39 Å². The summed E-state index contributed by atoms with van der Waals surface area (Å²) in [6.45, 7) is 7.21. The van der Waals surface area contributed by atoms with Gasteiger partial charge in [0, 0.05) is 32.4 Å². The Morgan fingerprint density at radius 2 is 2.07 bits per heavy atom. The molecule has 1 amide bonds. The number of anilines is 1. The molecule has 1 N–H and O–H groups in total. The highest BCUT2D eigenvalue weighted by Crippen LogP contribution is 2.42. The summed E-state index contributed by atoms with van der Waals surface area (Å²) in [4.78, 5) is 34.5. The number of amides is 1. The summed E-state index contributed by atoms with van der Waals surface area (Å²) in [5.74, 6) is -0.791. The van der Waals surface area contributed by atoms with Crippen LogP contribution in [0.3, 0.4) is 0 Å². The van der Waals surface area contributed by atoms with Gasteiger partial charge in [-0.15, -0.1) is 0 Å². The first-order valence-corrected chi connectivity index (χ1v) is 9.82. The van der Waals surface area contributed by atoms with Crippen LogP contribution in [0.4, 0.5) is 10.1 Å². The van der Waals surface area contributed by atoms with Crippen LogP contribution in [0.15, 0.2) is 17.1 Å². The van der Waals surface area contributed by atoms with Crippen LogP contribution in [0.5, 0.6) is 5.75 Å². The van der Waals surface area contributed by atoms with Crippen molar-refractivity contribution in [2.24, 2.45) is 0 Å². The molecular weight excluding hydrogens is 379 g/mol. The Bertz CT molecular complexity index is 1010. The highest BCUT2D eigenvalue weighted by atomic mass is 19.1. The fourth-order valence-corrected chi connectivity index (χ4v) is 3.89. The minimum Gasteiger partial charge on any atom is -0.487 e. The SMILES string of the molecule is CCONC(=O)c1cn2c3c(c(N4CCN(C)CC4)c(F)cc3c1=O)OC[C@@H]2C. The summed E-state index contributed by atoms with van der Waals surface area (Å²) in [5, 5.41) is 0.131. The molecule has 1 aromatic heterocycles. The van der Waals surface area contributed by atoms with Gasteiger partial charge in [0.05, 0.1) is 23.6 Å². The molecule has 0 aliphatic carbocycles. The molecular formula is C20H25FN4O4. The van der Waals surface area contributed by atoms with Crippen molar-refractivity contribution in [1.29, 1.82) is 0 Å². The molecule has 3 heterocycles. The number of ether oxygens (including phenoxy) is 1. The molecule has 1 fully saturated rings. The van der Waals surface area contributed by atoms with Gasteiger partial charge in [-0.1, -0.05) is 0 Å². The monoisotopic (exact) mass is 404 g/mol. The molecule has 4 rings (SSSR count). The lowest BCUT2D eigenvalue weighted by Gasteiger charge is -2.37. The number of nitrogens with one attached hydrogen (secondary N) is 1. The van der Waals surface area contributed by atoms with E-state index in [-0.39, 0.29) is 23.6 Å². The lowest BCUT2D eigenvalue weighted by Crippen LogP contribution is -2.45. The maximum absolute atomic E-state index is 15.2. The predicted molar refractivity (Wildman–Crippen MR) is 107 cm³/mol. The van der Waals surface area contributed by atoms with Gasteiger partial charge in [-0.3, -0.25) is 14.4 Å². The standard InChI is InChI=1S/C20H25FN4O4/c1-4-29-22-20(27)14-10-25-12(2)11-28-19-16(25)13(18(14)26)9-15(21)17(19)24-7-5-23(3)6-8-24/h9-10,12H,4-8,11H2,1-3H3,(H,22,27)/t12-/m0/s1. The third kappa shape index (κ3) is 3.34. The molecule has 0 unspecified atom stereocenters. The van der Waals surface area contributed by atoms with Gasteiger partial charge >= 0.3 is 0 Å². The van der Waals surface area contributed by atoms with Crippen molar-refractivity contribution in [3.63, 3.8) is 0 Å². The van der Waals surface area contributed by atoms with Crippen molar-refractivity contribution < 1.29 is 18.8 Å².